The first-order valence-corrected chi connectivity index (χ1v) is 4.36. The summed E-state index contributed by atoms with van der Waals surface area (Å²) in [6, 6.07) is 1.21. The normalized spacial score (nSPS) is 31.4. The van der Waals surface area contributed by atoms with Gasteiger partial charge in [0.1, 0.15) is 0 Å². The average molecular weight is 150 g/mol. The number of hydrogen-bond donors (Lipinski definition) is 0. The topological polar surface area (TPSA) is 3.24 Å². The van der Waals surface area contributed by atoms with Gasteiger partial charge >= 0.3 is 0 Å². The molecule has 1 aliphatic heterocycles. The van der Waals surface area contributed by atoms with Gasteiger partial charge in [0.15, 0.2) is 7.28 Å². The molecule has 2 unspecified atom stereocenters. The van der Waals surface area contributed by atoms with Crippen LogP contribution >= 0.6 is 0 Å². The Bertz CT molecular complexity index is 165. The Morgan fingerprint density at radius 2 is 2.00 bits per heavy atom. The fraction of sp³-hybridized carbons (Fsp3) is 0.778. The van der Waals surface area contributed by atoms with Crippen molar-refractivity contribution >= 4 is 7.28 Å². The average Bonchev–Trinajstić information content (AvgIpc) is 2.07. The third kappa shape index (κ3) is 1.45. The Labute approximate surface area is 70.7 Å². The van der Waals surface area contributed by atoms with Crippen LogP contribution in [0.4, 0.5) is 0 Å². The van der Waals surface area contributed by atoms with E-state index in [1.807, 2.05) is 0 Å². The molecule has 0 amide bonds. The molecule has 1 rings (SSSR count). The van der Waals surface area contributed by atoms with Crippen molar-refractivity contribution in [1.29, 1.82) is 0 Å². The molecule has 2 atom stereocenters. The van der Waals surface area contributed by atoms with Gasteiger partial charge in [-0.25, -0.2) is 0 Å². The lowest BCUT2D eigenvalue weighted by atomic mass is 9.65. The summed E-state index contributed by atoms with van der Waals surface area (Å²) >= 11 is 0. The Hall–Kier alpha value is -0.395. The molecule has 11 heavy (non-hydrogen) atoms. The van der Waals surface area contributed by atoms with Gasteiger partial charge in [0.05, 0.1) is 0 Å². The summed E-state index contributed by atoms with van der Waals surface area (Å²) in [4.78, 5) is 2.38. The second-order valence-electron chi connectivity index (χ2n) is 3.76. The number of nitrogens with zero attached hydrogens (tertiary/aromatic N) is 1. The minimum absolute atomic E-state index is 0.582. The van der Waals surface area contributed by atoms with Crippen LogP contribution in [0.25, 0.3) is 0 Å². The summed E-state index contributed by atoms with van der Waals surface area (Å²) in [5.41, 5.74) is 1.19. The van der Waals surface area contributed by atoms with Gasteiger partial charge in [-0.1, -0.05) is 13.5 Å². The van der Waals surface area contributed by atoms with Crippen LogP contribution in [0.5, 0.6) is 0 Å². The molecular weight excluding hydrogens is 133 g/mol. The first-order valence-electron chi connectivity index (χ1n) is 4.36. The van der Waals surface area contributed by atoms with Crippen LogP contribution in [-0.4, -0.2) is 24.3 Å². The summed E-state index contributed by atoms with van der Waals surface area (Å²) in [5.74, 6) is 0.657. The summed E-state index contributed by atoms with van der Waals surface area (Å²) in [5, 5.41) is 0. The Balaban J connectivity index is 2.71. The minimum Gasteiger partial charge on any atom is -0.379 e. The van der Waals surface area contributed by atoms with Crippen LogP contribution in [0.2, 0.25) is 5.82 Å². The number of hydrogen-bond acceptors (Lipinski definition) is 1. The highest BCUT2D eigenvalue weighted by Crippen LogP contribution is 2.30. The molecule has 0 aromatic rings. The summed E-state index contributed by atoms with van der Waals surface area (Å²) in [6.45, 7) is 13.0. The van der Waals surface area contributed by atoms with E-state index in [-0.39, 0.29) is 0 Å². The molecule has 1 nitrogen and oxygen atoms in total. The molecule has 2 heteroatoms. The molecule has 0 saturated carbocycles. The van der Waals surface area contributed by atoms with Gasteiger partial charge in [0, 0.05) is 12.1 Å². The maximum Gasteiger partial charge on any atom is 0.178 e. The molecule has 0 aliphatic carbocycles. The number of rotatable bonds is 1. The zero-order chi connectivity index (χ0) is 8.59. The monoisotopic (exact) mass is 150 g/mol. The van der Waals surface area contributed by atoms with E-state index < -0.39 is 0 Å². The fourth-order valence-electron chi connectivity index (χ4n) is 1.85. The summed E-state index contributed by atoms with van der Waals surface area (Å²) in [7, 11) is 2.25. The van der Waals surface area contributed by atoms with Crippen molar-refractivity contribution in [3.05, 3.63) is 12.2 Å². The van der Waals surface area contributed by atoms with E-state index >= 15 is 0 Å². The molecule has 1 aliphatic rings. The van der Waals surface area contributed by atoms with E-state index in [0.29, 0.717) is 17.9 Å². The van der Waals surface area contributed by atoms with Crippen molar-refractivity contribution in [3.8, 4) is 0 Å². The lowest BCUT2D eigenvalue weighted by Gasteiger charge is -2.31. The first-order chi connectivity index (χ1) is 5.04. The Morgan fingerprint density at radius 3 is 2.18 bits per heavy atom. The van der Waals surface area contributed by atoms with Crippen LogP contribution in [0.3, 0.4) is 0 Å². The van der Waals surface area contributed by atoms with E-state index in [1.54, 1.807) is 0 Å². The smallest absolute Gasteiger partial charge is 0.178 e. The third-order valence-corrected chi connectivity index (χ3v) is 2.54. The van der Waals surface area contributed by atoms with Gasteiger partial charge in [-0.3, -0.25) is 0 Å². The molecule has 0 aromatic heterocycles. The molecule has 0 spiro atoms. The third-order valence-electron chi connectivity index (χ3n) is 2.54. The molecular formula is C9H17BN. The molecule has 1 fully saturated rings. The maximum atomic E-state index is 4.03. The highest BCUT2D eigenvalue weighted by atomic mass is 15.2. The molecule has 1 heterocycles. The molecule has 0 bridgehead atoms. The SMILES string of the molecule is C=C1[B]C(C)C(C)N1C(C)C. The van der Waals surface area contributed by atoms with Gasteiger partial charge in [-0.05, 0) is 32.2 Å². The zero-order valence-corrected chi connectivity index (χ0v) is 7.96. The predicted octanol–water partition coefficient (Wildman–Crippen LogP) is 2.08. The van der Waals surface area contributed by atoms with E-state index in [2.05, 4.69) is 46.5 Å². The van der Waals surface area contributed by atoms with Crippen LogP contribution in [0.15, 0.2) is 12.2 Å². The fourth-order valence-corrected chi connectivity index (χ4v) is 1.85. The van der Waals surface area contributed by atoms with Crippen molar-refractivity contribution in [2.75, 3.05) is 0 Å². The highest BCUT2D eigenvalue weighted by Gasteiger charge is 2.31. The van der Waals surface area contributed by atoms with Gasteiger partial charge in [0.25, 0.3) is 0 Å². The molecule has 0 N–H and O–H groups in total. The van der Waals surface area contributed by atoms with E-state index in [4.69, 9.17) is 0 Å². The summed E-state index contributed by atoms with van der Waals surface area (Å²) in [6.07, 6.45) is 0. The standard InChI is InChI=1S/C9H17BN/c1-6(2)11-8(4)7(3)10-9(11)5/h6-8H,5H2,1-4H3. The van der Waals surface area contributed by atoms with Gasteiger partial charge in [-0.15, -0.1) is 0 Å². The van der Waals surface area contributed by atoms with Crippen LogP contribution in [0.1, 0.15) is 27.7 Å². The van der Waals surface area contributed by atoms with Crippen LogP contribution < -0.4 is 0 Å². The van der Waals surface area contributed by atoms with E-state index in [0.717, 1.165) is 0 Å². The molecule has 1 saturated heterocycles. The molecule has 1 radical (unpaired) electrons. The predicted molar refractivity (Wildman–Crippen MR) is 50.8 cm³/mol. The Kier molecular flexibility index (Phi) is 2.31. The van der Waals surface area contributed by atoms with Gasteiger partial charge in [-0.2, -0.15) is 0 Å². The first kappa shape index (κ1) is 8.70. The van der Waals surface area contributed by atoms with Gasteiger partial charge in [0.2, 0.25) is 0 Å². The zero-order valence-electron chi connectivity index (χ0n) is 7.96. The van der Waals surface area contributed by atoms with Crippen molar-refractivity contribution in [2.24, 2.45) is 0 Å². The second-order valence-corrected chi connectivity index (χ2v) is 3.76. The van der Waals surface area contributed by atoms with Crippen molar-refractivity contribution in [2.45, 2.75) is 45.6 Å². The van der Waals surface area contributed by atoms with Crippen molar-refractivity contribution in [1.82, 2.24) is 4.90 Å². The summed E-state index contributed by atoms with van der Waals surface area (Å²) < 4.78 is 0. The quantitative estimate of drug-likeness (QED) is 0.517. The lowest BCUT2D eigenvalue weighted by molar-refractivity contribution is 0.246. The lowest BCUT2D eigenvalue weighted by Crippen LogP contribution is -2.32. The van der Waals surface area contributed by atoms with Crippen LogP contribution in [0, 0.1) is 0 Å². The van der Waals surface area contributed by atoms with Gasteiger partial charge < -0.3 is 4.90 Å². The largest absolute Gasteiger partial charge is 0.379 e. The Morgan fingerprint density at radius 1 is 1.45 bits per heavy atom. The van der Waals surface area contributed by atoms with Crippen molar-refractivity contribution in [3.63, 3.8) is 0 Å². The highest BCUT2D eigenvalue weighted by molar-refractivity contribution is 6.48. The second kappa shape index (κ2) is 2.92. The maximum absolute atomic E-state index is 4.03. The van der Waals surface area contributed by atoms with E-state index in [1.165, 1.54) is 5.60 Å². The molecule has 0 aromatic carbocycles. The van der Waals surface area contributed by atoms with Crippen LogP contribution in [-0.2, 0) is 0 Å². The van der Waals surface area contributed by atoms with Crippen molar-refractivity contribution < 1.29 is 0 Å². The van der Waals surface area contributed by atoms with E-state index in [9.17, 15) is 0 Å². The molecule has 61 valence electrons. The minimum atomic E-state index is 0.582.